The minimum absolute atomic E-state index is 0.00492. The van der Waals surface area contributed by atoms with E-state index in [1.165, 1.54) is 17.1 Å². The molecule has 10 heteroatoms. The number of likely N-dealkylation sites (N-methyl/N-ethyl adjacent to an activating group) is 1. The van der Waals surface area contributed by atoms with Crippen LogP contribution in [0.2, 0.25) is 0 Å². The maximum Gasteiger partial charge on any atom is 0.334 e. The fourth-order valence-corrected chi connectivity index (χ4v) is 4.12. The molecule has 2 aliphatic rings. The average molecular weight is 436 g/mol. The minimum atomic E-state index is -0.649. The van der Waals surface area contributed by atoms with Gasteiger partial charge in [-0.25, -0.2) is 19.2 Å². The van der Waals surface area contributed by atoms with Crippen LogP contribution in [0.5, 0.6) is 0 Å². The number of benzene rings is 1. The molecule has 0 spiro atoms. The number of amides is 4. The molecule has 2 fully saturated rings. The molecular formula is C21H30FN5O4. The molecule has 3 rings (SSSR count). The Morgan fingerprint density at radius 3 is 2.55 bits per heavy atom. The van der Waals surface area contributed by atoms with Crippen LogP contribution in [-0.2, 0) is 20.9 Å². The third kappa shape index (κ3) is 4.80. The number of carbonyl (C=O) groups excluding carboxylic acids is 3. The molecule has 1 aromatic rings. The molecule has 170 valence electrons. The van der Waals surface area contributed by atoms with Crippen LogP contribution in [0.15, 0.2) is 24.3 Å². The van der Waals surface area contributed by atoms with Crippen molar-refractivity contribution in [2.24, 2.45) is 5.92 Å². The van der Waals surface area contributed by atoms with Crippen molar-refractivity contribution in [2.45, 2.75) is 32.6 Å². The third-order valence-corrected chi connectivity index (χ3v) is 5.63. The van der Waals surface area contributed by atoms with Gasteiger partial charge in [0.1, 0.15) is 18.0 Å². The molecule has 4 amide bonds. The highest BCUT2D eigenvalue weighted by Crippen LogP contribution is 2.29. The fourth-order valence-electron chi connectivity index (χ4n) is 4.12. The summed E-state index contributed by atoms with van der Waals surface area (Å²) in [5.74, 6) is -0.777. The first-order chi connectivity index (χ1) is 14.7. The number of ether oxygens (including phenoxy) is 1. The normalized spacial score (nSPS) is 22.2. The Balaban J connectivity index is 1.83. The van der Waals surface area contributed by atoms with E-state index in [1.807, 2.05) is 13.8 Å². The quantitative estimate of drug-likeness (QED) is 0.717. The van der Waals surface area contributed by atoms with Crippen molar-refractivity contribution in [1.29, 1.82) is 0 Å². The van der Waals surface area contributed by atoms with Gasteiger partial charge in [0, 0.05) is 27.2 Å². The van der Waals surface area contributed by atoms with Gasteiger partial charge in [-0.1, -0.05) is 26.0 Å². The Morgan fingerprint density at radius 2 is 1.94 bits per heavy atom. The Labute approximate surface area is 181 Å². The zero-order chi connectivity index (χ0) is 22.7. The lowest BCUT2D eigenvalue weighted by Gasteiger charge is -2.55. The number of fused-ring (bicyclic) bond motifs is 1. The summed E-state index contributed by atoms with van der Waals surface area (Å²) in [6, 6.07) is 4.84. The lowest BCUT2D eigenvalue weighted by Crippen LogP contribution is -2.76. The highest BCUT2D eigenvalue weighted by Gasteiger charge is 2.51. The summed E-state index contributed by atoms with van der Waals surface area (Å²) in [6.45, 7) is 4.94. The summed E-state index contributed by atoms with van der Waals surface area (Å²) < 4.78 is 18.3. The van der Waals surface area contributed by atoms with E-state index in [0.29, 0.717) is 13.2 Å². The zero-order valence-corrected chi connectivity index (χ0v) is 18.4. The molecule has 1 aromatic carbocycles. The summed E-state index contributed by atoms with van der Waals surface area (Å²) in [7, 11) is 3.24. The van der Waals surface area contributed by atoms with Crippen LogP contribution in [0.1, 0.15) is 19.4 Å². The van der Waals surface area contributed by atoms with E-state index >= 15 is 0 Å². The van der Waals surface area contributed by atoms with Gasteiger partial charge < -0.3 is 19.9 Å². The van der Waals surface area contributed by atoms with Crippen LogP contribution in [0, 0.1) is 11.7 Å². The number of nitrogens with zero attached hydrogens (tertiary/aromatic N) is 4. The van der Waals surface area contributed by atoms with Crippen molar-refractivity contribution in [1.82, 2.24) is 25.1 Å². The molecule has 2 saturated heterocycles. The zero-order valence-electron chi connectivity index (χ0n) is 18.4. The van der Waals surface area contributed by atoms with Crippen molar-refractivity contribution < 1.29 is 23.5 Å². The van der Waals surface area contributed by atoms with Crippen molar-refractivity contribution in [3.8, 4) is 0 Å². The summed E-state index contributed by atoms with van der Waals surface area (Å²) in [5, 5.41) is 5.90. The Hall–Kier alpha value is -2.72. The number of rotatable bonds is 6. The Bertz CT molecular complexity index is 818. The second kappa shape index (κ2) is 9.61. The largest absolute Gasteiger partial charge is 0.383 e. The standard InChI is InChI=1S/C21H30FN5O4/c1-14(2)19-20(29)25(9-10-31-4)12-17-26(19)18(28)13-24(3)27(17)21(30)23-11-15-5-7-16(22)8-6-15/h5-8,14,17,19H,9-13H2,1-4H3,(H,23,30)/t17-,19-/m0/s1. The first-order valence-electron chi connectivity index (χ1n) is 10.4. The summed E-state index contributed by atoms with van der Waals surface area (Å²) in [5.41, 5.74) is 0.753. The number of methoxy groups -OCH3 is 1. The smallest absolute Gasteiger partial charge is 0.334 e. The minimum Gasteiger partial charge on any atom is -0.383 e. The molecule has 2 heterocycles. The molecule has 0 aliphatic carbocycles. The summed E-state index contributed by atoms with van der Waals surface area (Å²) in [6.07, 6.45) is -0.624. The number of urea groups is 1. The van der Waals surface area contributed by atoms with Crippen LogP contribution in [0.3, 0.4) is 0 Å². The lowest BCUT2D eigenvalue weighted by molar-refractivity contribution is -0.190. The number of halogens is 1. The van der Waals surface area contributed by atoms with E-state index in [0.717, 1.165) is 5.56 Å². The lowest BCUT2D eigenvalue weighted by atomic mass is 9.96. The second-order valence-corrected chi connectivity index (χ2v) is 8.19. The highest BCUT2D eigenvalue weighted by atomic mass is 19.1. The van der Waals surface area contributed by atoms with Gasteiger partial charge in [0.25, 0.3) is 0 Å². The maximum atomic E-state index is 13.1. The van der Waals surface area contributed by atoms with Gasteiger partial charge in [-0.3, -0.25) is 9.59 Å². The van der Waals surface area contributed by atoms with Gasteiger partial charge >= 0.3 is 6.03 Å². The maximum absolute atomic E-state index is 13.1. The Kier molecular flexibility index (Phi) is 7.11. The SMILES string of the molecule is COCCN1C[C@H]2N(C(=O)CN(C)N2C(=O)NCc2ccc(F)cc2)[C@@H](C(C)C)C1=O. The van der Waals surface area contributed by atoms with Crippen molar-refractivity contribution in [2.75, 3.05) is 40.4 Å². The molecule has 0 bridgehead atoms. The summed E-state index contributed by atoms with van der Waals surface area (Å²) in [4.78, 5) is 42.3. The van der Waals surface area contributed by atoms with E-state index in [-0.39, 0.29) is 43.2 Å². The first-order valence-corrected chi connectivity index (χ1v) is 10.4. The van der Waals surface area contributed by atoms with Crippen LogP contribution in [0.25, 0.3) is 0 Å². The van der Waals surface area contributed by atoms with Crippen LogP contribution in [-0.4, -0.2) is 90.3 Å². The predicted octanol–water partition coefficient (Wildman–Crippen LogP) is 0.866. The topological polar surface area (TPSA) is 85.4 Å². The van der Waals surface area contributed by atoms with Gasteiger partial charge in [0.05, 0.1) is 19.7 Å². The van der Waals surface area contributed by atoms with Crippen molar-refractivity contribution in [3.05, 3.63) is 35.6 Å². The van der Waals surface area contributed by atoms with E-state index in [1.54, 1.807) is 41.1 Å². The van der Waals surface area contributed by atoms with Crippen molar-refractivity contribution >= 4 is 17.8 Å². The number of piperazine rings is 1. The van der Waals surface area contributed by atoms with Gasteiger partial charge in [-0.15, -0.1) is 0 Å². The third-order valence-electron chi connectivity index (χ3n) is 5.63. The molecule has 31 heavy (non-hydrogen) atoms. The molecule has 0 saturated carbocycles. The number of hydrazine groups is 1. The highest BCUT2D eigenvalue weighted by molar-refractivity contribution is 5.91. The number of carbonyl (C=O) groups is 3. The van der Waals surface area contributed by atoms with E-state index in [2.05, 4.69) is 5.32 Å². The van der Waals surface area contributed by atoms with E-state index in [9.17, 15) is 18.8 Å². The molecule has 0 unspecified atom stereocenters. The number of nitrogens with one attached hydrogen (secondary N) is 1. The van der Waals surface area contributed by atoms with Crippen LogP contribution in [0.4, 0.5) is 9.18 Å². The van der Waals surface area contributed by atoms with Gasteiger partial charge in [-0.05, 0) is 23.6 Å². The average Bonchev–Trinajstić information content (AvgIpc) is 2.72. The fraction of sp³-hybridized carbons (Fsp3) is 0.571. The monoisotopic (exact) mass is 435 g/mol. The van der Waals surface area contributed by atoms with Gasteiger partial charge in [0.2, 0.25) is 11.8 Å². The van der Waals surface area contributed by atoms with Crippen molar-refractivity contribution in [3.63, 3.8) is 0 Å². The van der Waals surface area contributed by atoms with Crippen LogP contribution < -0.4 is 5.32 Å². The Morgan fingerprint density at radius 1 is 1.26 bits per heavy atom. The van der Waals surface area contributed by atoms with Gasteiger partial charge in [-0.2, -0.15) is 0 Å². The molecule has 2 aliphatic heterocycles. The molecular weight excluding hydrogens is 405 g/mol. The van der Waals surface area contributed by atoms with Gasteiger partial charge in [0.15, 0.2) is 0 Å². The molecule has 1 N–H and O–H groups in total. The first kappa shape index (κ1) is 23.0. The second-order valence-electron chi connectivity index (χ2n) is 8.19. The van der Waals surface area contributed by atoms with E-state index < -0.39 is 18.2 Å². The summed E-state index contributed by atoms with van der Waals surface area (Å²) >= 11 is 0. The number of hydrogen-bond acceptors (Lipinski definition) is 5. The van der Waals surface area contributed by atoms with Crippen LogP contribution >= 0.6 is 0 Å². The number of hydrogen-bond donors (Lipinski definition) is 1. The molecule has 2 atom stereocenters. The molecule has 9 nitrogen and oxygen atoms in total. The van der Waals surface area contributed by atoms with E-state index in [4.69, 9.17) is 4.74 Å². The predicted molar refractivity (Wildman–Crippen MR) is 111 cm³/mol. The molecule has 0 aromatic heterocycles. The molecule has 0 radical (unpaired) electrons.